The van der Waals surface area contributed by atoms with Crippen molar-refractivity contribution in [3.05, 3.63) is 65.0 Å². The number of benzene rings is 2. The number of aliphatic carboxylic acids is 1. The standard InChI is InChI=1S/C26H29N3O2.C2HF3O2/c1-28(21-12-6-3-7-13-21)17-18-29-25(30)23-15-9-8-14-22(23)24(26(29)31-19-16-27)20-10-4-2-5-11-20;3-2(4,5)1(6)7/h2,4-5,8-11,14-15,21H,3,6-7,12-13,17-19H2,1H3;(H,6,7). The largest absolute Gasteiger partial charge is 0.490 e. The van der Waals surface area contributed by atoms with Crippen molar-refractivity contribution >= 4 is 16.7 Å². The Morgan fingerprint density at radius 1 is 1.08 bits per heavy atom. The van der Waals surface area contributed by atoms with Gasteiger partial charge in [0, 0.05) is 29.9 Å². The molecule has 1 aliphatic rings. The molecule has 38 heavy (non-hydrogen) atoms. The van der Waals surface area contributed by atoms with Gasteiger partial charge < -0.3 is 14.7 Å². The molecular formula is C28H30F3N3O4. The molecule has 202 valence electrons. The lowest BCUT2D eigenvalue weighted by atomic mass is 9.94. The highest BCUT2D eigenvalue weighted by atomic mass is 19.4. The number of aromatic nitrogens is 1. The summed E-state index contributed by atoms with van der Waals surface area (Å²) in [4.78, 5) is 24.7. The van der Waals surface area contributed by atoms with Crippen LogP contribution >= 0.6 is 0 Å². The summed E-state index contributed by atoms with van der Waals surface area (Å²) in [5, 5.41) is 17.8. The first-order valence-electron chi connectivity index (χ1n) is 12.4. The Labute approximate surface area is 218 Å². The van der Waals surface area contributed by atoms with Crippen molar-refractivity contribution in [3.8, 4) is 23.1 Å². The molecule has 10 heteroatoms. The second kappa shape index (κ2) is 13.1. The summed E-state index contributed by atoms with van der Waals surface area (Å²) in [5.74, 6) is -2.28. The molecule has 7 nitrogen and oxygen atoms in total. The van der Waals surface area contributed by atoms with Crippen LogP contribution in [0.3, 0.4) is 0 Å². The summed E-state index contributed by atoms with van der Waals surface area (Å²) < 4.78 is 39.4. The van der Waals surface area contributed by atoms with Gasteiger partial charge in [0.05, 0.1) is 5.56 Å². The minimum absolute atomic E-state index is 0.0692. The fourth-order valence-corrected chi connectivity index (χ4v) is 4.68. The number of fused-ring (bicyclic) bond motifs is 1. The third-order valence-electron chi connectivity index (χ3n) is 6.58. The third-order valence-corrected chi connectivity index (χ3v) is 6.58. The van der Waals surface area contributed by atoms with E-state index in [2.05, 4.69) is 18.0 Å². The molecule has 1 N–H and O–H groups in total. The monoisotopic (exact) mass is 529 g/mol. The minimum Gasteiger partial charge on any atom is -0.475 e. The molecule has 0 bridgehead atoms. The molecule has 1 saturated carbocycles. The molecule has 0 saturated heterocycles. The fraction of sp³-hybridized carbons (Fsp3) is 0.393. The number of pyridine rings is 1. The smallest absolute Gasteiger partial charge is 0.475 e. The number of carboxylic acids is 1. The summed E-state index contributed by atoms with van der Waals surface area (Å²) in [5.41, 5.74) is 1.77. The fourth-order valence-electron chi connectivity index (χ4n) is 4.68. The van der Waals surface area contributed by atoms with Crippen LogP contribution in [0.2, 0.25) is 0 Å². The lowest BCUT2D eigenvalue weighted by molar-refractivity contribution is -0.192. The molecule has 1 heterocycles. The van der Waals surface area contributed by atoms with Gasteiger partial charge in [-0.3, -0.25) is 9.36 Å². The van der Waals surface area contributed by atoms with Gasteiger partial charge in [-0.1, -0.05) is 67.8 Å². The van der Waals surface area contributed by atoms with Crippen LogP contribution in [0.1, 0.15) is 32.1 Å². The van der Waals surface area contributed by atoms with E-state index in [4.69, 9.17) is 14.6 Å². The Morgan fingerprint density at radius 3 is 2.24 bits per heavy atom. The van der Waals surface area contributed by atoms with E-state index < -0.39 is 12.1 Å². The van der Waals surface area contributed by atoms with Crippen molar-refractivity contribution in [2.45, 2.75) is 50.9 Å². The van der Waals surface area contributed by atoms with Gasteiger partial charge in [-0.15, -0.1) is 0 Å². The Hall–Kier alpha value is -3.84. The normalized spacial score (nSPS) is 14.0. The van der Waals surface area contributed by atoms with E-state index >= 15 is 0 Å². The Morgan fingerprint density at radius 2 is 1.66 bits per heavy atom. The molecule has 1 aliphatic carbocycles. The van der Waals surface area contributed by atoms with Gasteiger partial charge in [-0.2, -0.15) is 18.4 Å². The van der Waals surface area contributed by atoms with Gasteiger partial charge in [0.15, 0.2) is 6.61 Å². The van der Waals surface area contributed by atoms with E-state index in [9.17, 15) is 23.2 Å². The van der Waals surface area contributed by atoms with Crippen molar-refractivity contribution in [1.82, 2.24) is 9.47 Å². The quantitative estimate of drug-likeness (QED) is 0.436. The first kappa shape index (κ1) is 28.7. The topological polar surface area (TPSA) is 95.6 Å². The molecular weight excluding hydrogens is 499 g/mol. The van der Waals surface area contributed by atoms with Gasteiger partial charge in [0.2, 0.25) is 5.88 Å². The zero-order valence-corrected chi connectivity index (χ0v) is 21.1. The van der Waals surface area contributed by atoms with Crippen LogP contribution < -0.4 is 10.3 Å². The summed E-state index contributed by atoms with van der Waals surface area (Å²) in [6.45, 7) is 1.19. The highest BCUT2D eigenvalue weighted by Crippen LogP contribution is 2.35. The van der Waals surface area contributed by atoms with Gasteiger partial charge in [0.25, 0.3) is 5.56 Å². The van der Waals surface area contributed by atoms with Crippen LogP contribution in [0.15, 0.2) is 59.4 Å². The summed E-state index contributed by atoms with van der Waals surface area (Å²) in [6.07, 6.45) is 1.23. The Bertz CT molecular complexity index is 1330. The van der Waals surface area contributed by atoms with Gasteiger partial charge in [-0.05, 0) is 31.5 Å². The maximum absolute atomic E-state index is 13.5. The van der Waals surface area contributed by atoms with Crippen molar-refractivity contribution in [1.29, 1.82) is 5.26 Å². The lowest BCUT2D eigenvalue weighted by Gasteiger charge is -2.31. The Kier molecular flexibility index (Phi) is 9.91. The average molecular weight is 530 g/mol. The predicted octanol–water partition coefficient (Wildman–Crippen LogP) is 5.47. The summed E-state index contributed by atoms with van der Waals surface area (Å²) in [7, 11) is 2.15. The predicted molar refractivity (Wildman–Crippen MR) is 138 cm³/mol. The van der Waals surface area contributed by atoms with Crippen molar-refractivity contribution < 1.29 is 27.8 Å². The number of likely N-dealkylation sites (N-methyl/N-ethyl adjacent to an activating group) is 1. The molecule has 0 spiro atoms. The molecule has 1 aromatic heterocycles. The van der Waals surface area contributed by atoms with Crippen LogP contribution in [0.25, 0.3) is 21.9 Å². The zero-order valence-electron chi connectivity index (χ0n) is 21.1. The van der Waals surface area contributed by atoms with E-state index in [1.807, 2.05) is 54.6 Å². The number of hydrogen-bond donors (Lipinski definition) is 1. The number of ether oxygens (including phenoxy) is 1. The number of nitriles is 1. The van der Waals surface area contributed by atoms with Gasteiger partial charge in [0.1, 0.15) is 6.07 Å². The molecule has 4 rings (SSSR count). The number of carbonyl (C=O) groups is 1. The second-order valence-electron chi connectivity index (χ2n) is 9.07. The average Bonchev–Trinajstić information content (AvgIpc) is 2.92. The highest BCUT2D eigenvalue weighted by molar-refractivity contribution is 5.98. The number of rotatable bonds is 7. The SMILES string of the molecule is CN(CCn1c(OCC#N)c(-c2ccccc2)c2ccccc2c1=O)C1CCCCC1.O=C(O)C(F)(F)F. The van der Waals surface area contributed by atoms with E-state index in [-0.39, 0.29) is 12.2 Å². The highest BCUT2D eigenvalue weighted by Gasteiger charge is 2.38. The minimum atomic E-state index is -5.08. The van der Waals surface area contributed by atoms with E-state index in [1.54, 1.807) is 4.57 Å². The van der Waals surface area contributed by atoms with Gasteiger partial charge in [-0.25, -0.2) is 4.79 Å². The second-order valence-corrected chi connectivity index (χ2v) is 9.07. The summed E-state index contributed by atoms with van der Waals surface area (Å²) in [6, 6.07) is 20.2. The van der Waals surface area contributed by atoms with Crippen molar-refractivity contribution in [3.63, 3.8) is 0 Å². The third kappa shape index (κ3) is 7.13. The number of halogens is 3. The van der Waals surface area contributed by atoms with Crippen LogP contribution in [0.4, 0.5) is 13.2 Å². The Balaban J connectivity index is 0.000000505. The van der Waals surface area contributed by atoms with Crippen LogP contribution in [-0.4, -0.2) is 53.0 Å². The van der Waals surface area contributed by atoms with Crippen molar-refractivity contribution in [2.75, 3.05) is 20.2 Å². The zero-order chi connectivity index (χ0) is 27.7. The van der Waals surface area contributed by atoms with Crippen molar-refractivity contribution in [2.24, 2.45) is 0 Å². The maximum atomic E-state index is 13.5. The first-order valence-corrected chi connectivity index (χ1v) is 12.4. The summed E-state index contributed by atoms with van der Waals surface area (Å²) >= 11 is 0. The molecule has 1 fully saturated rings. The van der Waals surface area contributed by atoms with E-state index in [0.29, 0.717) is 23.9 Å². The van der Waals surface area contributed by atoms with Crippen LogP contribution in [0, 0.1) is 11.3 Å². The van der Waals surface area contributed by atoms with Crippen LogP contribution in [0.5, 0.6) is 5.88 Å². The molecule has 3 aromatic rings. The lowest BCUT2D eigenvalue weighted by Crippen LogP contribution is -2.37. The molecule has 0 unspecified atom stereocenters. The number of carboxylic acid groups (broad SMARTS) is 1. The molecule has 0 aliphatic heterocycles. The van der Waals surface area contributed by atoms with E-state index in [0.717, 1.165) is 23.1 Å². The molecule has 2 aromatic carbocycles. The number of nitrogens with zero attached hydrogens (tertiary/aromatic N) is 3. The first-order chi connectivity index (χ1) is 18.1. The van der Waals surface area contributed by atoms with E-state index in [1.165, 1.54) is 32.1 Å². The molecule has 0 radical (unpaired) electrons. The maximum Gasteiger partial charge on any atom is 0.490 e. The molecule has 0 amide bonds. The van der Waals surface area contributed by atoms with Gasteiger partial charge >= 0.3 is 12.1 Å². The van der Waals surface area contributed by atoms with Crippen LogP contribution in [-0.2, 0) is 11.3 Å². The number of hydrogen-bond acceptors (Lipinski definition) is 5. The number of alkyl halides is 3. The molecule has 0 atom stereocenters.